The van der Waals surface area contributed by atoms with Gasteiger partial charge in [-0.1, -0.05) is 0 Å². The third-order valence-corrected chi connectivity index (χ3v) is 3.99. The Morgan fingerprint density at radius 3 is 2.71 bits per heavy atom. The van der Waals surface area contributed by atoms with Crippen LogP contribution in [0.5, 0.6) is 0 Å². The van der Waals surface area contributed by atoms with Crippen molar-refractivity contribution in [2.75, 3.05) is 0 Å². The average molecular weight is 230 g/mol. The van der Waals surface area contributed by atoms with Crippen molar-refractivity contribution in [3.8, 4) is 0 Å². The molecule has 2 aromatic rings. The Hall–Kier alpha value is -1.35. The first kappa shape index (κ1) is 10.8. The van der Waals surface area contributed by atoms with Crippen molar-refractivity contribution in [1.29, 1.82) is 0 Å². The first-order chi connectivity index (χ1) is 8.16. The van der Waals surface area contributed by atoms with Crippen LogP contribution in [0, 0.1) is 13.8 Å². The summed E-state index contributed by atoms with van der Waals surface area (Å²) >= 11 is 0. The van der Waals surface area contributed by atoms with Gasteiger partial charge in [-0.25, -0.2) is 4.98 Å². The molecule has 1 aromatic heterocycles. The van der Waals surface area contributed by atoms with Gasteiger partial charge in [-0.05, 0) is 56.4 Å². The van der Waals surface area contributed by atoms with E-state index in [4.69, 9.17) is 0 Å². The van der Waals surface area contributed by atoms with Crippen LogP contribution in [0.25, 0.3) is 11.0 Å². The van der Waals surface area contributed by atoms with Crippen LogP contribution in [-0.2, 0) is 0 Å². The van der Waals surface area contributed by atoms with Gasteiger partial charge in [0.05, 0.1) is 29.5 Å². The molecule has 0 aliphatic heterocycles. The lowest BCUT2D eigenvalue weighted by Gasteiger charge is -2.17. The molecule has 1 fully saturated rings. The maximum absolute atomic E-state index is 10.00. The molecule has 3 nitrogen and oxygen atoms in total. The smallest absolute Gasteiger partial charge is 0.0961 e. The first-order valence-electron chi connectivity index (χ1n) is 6.28. The van der Waals surface area contributed by atoms with E-state index in [1.165, 1.54) is 11.1 Å². The summed E-state index contributed by atoms with van der Waals surface area (Å²) in [5.74, 6) is 0. The SMILES string of the molecule is Cc1cc2ncn([C@@H]3CCC[C@H]3O)c2cc1C. The third kappa shape index (κ3) is 1.65. The molecule has 1 aliphatic rings. The van der Waals surface area contributed by atoms with Gasteiger partial charge in [0.2, 0.25) is 0 Å². The number of benzene rings is 1. The zero-order chi connectivity index (χ0) is 12.0. The molecule has 0 unspecified atom stereocenters. The minimum absolute atomic E-state index is 0.210. The number of rotatable bonds is 1. The summed E-state index contributed by atoms with van der Waals surface area (Å²) in [6, 6.07) is 4.52. The van der Waals surface area contributed by atoms with Crippen molar-refractivity contribution in [1.82, 2.24) is 9.55 Å². The highest BCUT2D eigenvalue weighted by molar-refractivity contribution is 5.77. The average Bonchev–Trinajstić information content (AvgIpc) is 2.86. The molecule has 0 amide bonds. The molecular formula is C14H18N2O. The number of aliphatic hydroxyl groups excluding tert-OH is 1. The van der Waals surface area contributed by atoms with Crippen molar-refractivity contribution >= 4 is 11.0 Å². The number of aryl methyl sites for hydroxylation is 2. The molecule has 17 heavy (non-hydrogen) atoms. The largest absolute Gasteiger partial charge is 0.391 e. The van der Waals surface area contributed by atoms with Gasteiger partial charge in [0, 0.05) is 0 Å². The van der Waals surface area contributed by atoms with Crippen LogP contribution in [0.2, 0.25) is 0 Å². The van der Waals surface area contributed by atoms with Crippen LogP contribution >= 0.6 is 0 Å². The summed E-state index contributed by atoms with van der Waals surface area (Å²) in [7, 11) is 0. The Morgan fingerprint density at radius 2 is 2.00 bits per heavy atom. The number of hydrogen-bond acceptors (Lipinski definition) is 2. The Kier molecular flexibility index (Phi) is 2.44. The number of imidazole rings is 1. The van der Waals surface area contributed by atoms with Crippen LogP contribution in [0.4, 0.5) is 0 Å². The lowest BCUT2D eigenvalue weighted by atomic mass is 10.1. The van der Waals surface area contributed by atoms with Gasteiger partial charge in [-0.15, -0.1) is 0 Å². The molecule has 2 atom stereocenters. The number of hydrogen-bond donors (Lipinski definition) is 1. The fourth-order valence-electron chi connectivity index (χ4n) is 2.79. The summed E-state index contributed by atoms with van der Waals surface area (Å²) in [6.07, 6.45) is 4.74. The van der Waals surface area contributed by atoms with Gasteiger partial charge in [-0.3, -0.25) is 0 Å². The summed E-state index contributed by atoms with van der Waals surface area (Å²) in [4.78, 5) is 4.45. The lowest BCUT2D eigenvalue weighted by molar-refractivity contribution is 0.138. The van der Waals surface area contributed by atoms with Gasteiger partial charge in [0.15, 0.2) is 0 Å². The quantitative estimate of drug-likeness (QED) is 0.818. The normalized spacial score (nSPS) is 24.6. The molecule has 0 spiro atoms. The van der Waals surface area contributed by atoms with Crippen molar-refractivity contribution in [3.63, 3.8) is 0 Å². The first-order valence-corrected chi connectivity index (χ1v) is 6.28. The highest BCUT2D eigenvalue weighted by atomic mass is 16.3. The second-order valence-corrected chi connectivity index (χ2v) is 5.14. The van der Waals surface area contributed by atoms with Crippen LogP contribution in [0.3, 0.4) is 0 Å². The maximum Gasteiger partial charge on any atom is 0.0961 e. The van der Waals surface area contributed by atoms with Crippen LogP contribution in [0.15, 0.2) is 18.5 Å². The zero-order valence-electron chi connectivity index (χ0n) is 10.3. The highest BCUT2D eigenvalue weighted by Gasteiger charge is 2.27. The summed E-state index contributed by atoms with van der Waals surface area (Å²) < 4.78 is 2.15. The minimum atomic E-state index is -0.214. The van der Waals surface area contributed by atoms with Crippen molar-refractivity contribution in [3.05, 3.63) is 29.6 Å². The predicted octanol–water partition coefficient (Wildman–Crippen LogP) is 2.74. The maximum atomic E-state index is 10.00. The van der Waals surface area contributed by atoms with E-state index in [9.17, 15) is 5.11 Å². The number of nitrogens with zero attached hydrogens (tertiary/aromatic N) is 2. The third-order valence-electron chi connectivity index (χ3n) is 3.99. The fraction of sp³-hybridized carbons (Fsp3) is 0.500. The molecule has 1 aromatic carbocycles. The van der Waals surface area contributed by atoms with Crippen molar-refractivity contribution < 1.29 is 5.11 Å². The highest BCUT2D eigenvalue weighted by Crippen LogP contribution is 2.33. The summed E-state index contributed by atoms with van der Waals surface area (Å²) in [6.45, 7) is 4.23. The van der Waals surface area contributed by atoms with E-state index in [0.29, 0.717) is 0 Å². The Morgan fingerprint density at radius 1 is 1.24 bits per heavy atom. The minimum Gasteiger partial charge on any atom is -0.391 e. The van der Waals surface area contributed by atoms with Gasteiger partial charge in [0.25, 0.3) is 0 Å². The van der Waals surface area contributed by atoms with E-state index in [0.717, 1.165) is 30.3 Å². The van der Waals surface area contributed by atoms with Crippen LogP contribution in [-0.4, -0.2) is 20.8 Å². The molecule has 0 saturated heterocycles. The molecule has 1 saturated carbocycles. The van der Waals surface area contributed by atoms with E-state index < -0.39 is 0 Å². The second kappa shape index (κ2) is 3.84. The molecule has 0 radical (unpaired) electrons. The zero-order valence-corrected chi connectivity index (χ0v) is 10.3. The second-order valence-electron chi connectivity index (χ2n) is 5.14. The fourth-order valence-corrected chi connectivity index (χ4v) is 2.79. The monoisotopic (exact) mass is 230 g/mol. The standard InChI is InChI=1S/C14H18N2O/c1-9-6-11-13(7-10(9)2)16(8-15-11)12-4-3-5-14(12)17/h6-8,12,14,17H,3-5H2,1-2H3/t12-,14-/m1/s1. The Labute approximate surface area is 101 Å². The summed E-state index contributed by atoms with van der Waals surface area (Å²) in [5, 5.41) is 10.00. The molecule has 90 valence electrons. The van der Waals surface area contributed by atoms with Gasteiger partial charge in [0.1, 0.15) is 0 Å². The van der Waals surface area contributed by atoms with Gasteiger partial charge < -0.3 is 9.67 Å². The molecular weight excluding hydrogens is 212 g/mol. The van der Waals surface area contributed by atoms with Crippen LogP contribution < -0.4 is 0 Å². The predicted molar refractivity (Wildman–Crippen MR) is 68.1 cm³/mol. The van der Waals surface area contributed by atoms with Gasteiger partial charge >= 0.3 is 0 Å². The number of aliphatic hydroxyl groups is 1. The number of fused-ring (bicyclic) bond motifs is 1. The van der Waals surface area contributed by atoms with E-state index in [2.05, 4.69) is 35.5 Å². The molecule has 1 N–H and O–H groups in total. The van der Waals surface area contributed by atoms with E-state index in [1.807, 2.05) is 6.33 Å². The van der Waals surface area contributed by atoms with Crippen molar-refractivity contribution in [2.45, 2.75) is 45.3 Å². The summed E-state index contributed by atoms with van der Waals surface area (Å²) in [5.41, 5.74) is 4.74. The van der Waals surface area contributed by atoms with E-state index in [-0.39, 0.29) is 12.1 Å². The molecule has 1 heterocycles. The van der Waals surface area contributed by atoms with Crippen LogP contribution in [0.1, 0.15) is 36.4 Å². The van der Waals surface area contributed by atoms with E-state index >= 15 is 0 Å². The molecule has 3 heteroatoms. The Balaban J connectivity index is 2.14. The van der Waals surface area contributed by atoms with Crippen molar-refractivity contribution in [2.24, 2.45) is 0 Å². The molecule has 0 bridgehead atoms. The lowest BCUT2D eigenvalue weighted by Crippen LogP contribution is -2.17. The molecule has 3 rings (SSSR count). The van der Waals surface area contributed by atoms with Gasteiger partial charge in [-0.2, -0.15) is 0 Å². The Bertz CT molecular complexity index is 559. The topological polar surface area (TPSA) is 38.0 Å². The van der Waals surface area contributed by atoms with E-state index in [1.54, 1.807) is 0 Å². The number of aromatic nitrogens is 2. The molecule has 1 aliphatic carbocycles.